The highest BCUT2D eigenvalue weighted by Gasteiger charge is 2.14. The van der Waals surface area contributed by atoms with Gasteiger partial charge in [-0.25, -0.2) is 9.97 Å². The standard InChI is InChI=1S/C10H15ClN4O2/c1-3-12-8(17)4-15(2)10-7(5-16)9(11)13-6-14-10/h6,16H,3-5H2,1-2H3,(H,12,17). The summed E-state index contributed by atoms with van der Waals surface area (Å²) in [5.41, 5.74) is 0.418. The number of aliphatic hydroxyl groups is 1. The minimum absolute atomic E-state index is 0.117. The monoisotopic (exact) mass is 258 g/mol. The molecule has 1 aromatic rings. The predicted octanol–water partition coefficient (Wildman–Crippen LogP) is 0.195. The third kappa shape index (κ3) is 3.54. The molecule has 0 radical (unpaired) electrons. The summed E-state index contributed by atoms with van der Waals surface area (Å²) >= 11 is 5.83. The molecule has 1 aromatic heterocycles. The number of amides is 1. The highest BCUT2D eigenvalue weighted by molar-refractivity contribution is 6.30. The fraction of sp³-hybridized carbons (Fsp3) is 0.500. The van der Waals surface area contributed by atoms with Crippen molar-refractivity contribution in [2.45, 2.75) is 13.5 Å². The molecule has 0 spiro atoms. The van der Waals surface area contributed by atoms with Crippen molar-refractivity contribution in [3.8, 4) is 0 Å². The van der Waals surface area contributed by atoms with Gasteiger partial charge in [-0.05, 0) is 6.92 Å². The Labute approximate surface area is 105 Å². The molecule has 0 aromatic carbocycles. The largest absolute Gasteiger partial charge is 0.391 e. The van der Waals surface area contributed by atoms with Gasteiger partial charge >= 0.3 is 0 Å². The molecule has 0 bridgehead atoms. The van der Waals surface area contributed by atoms with E-state index in [9.17, 15) is 9.90 Å². The zero-order chi connectivity index (χ0) is 12.8. The zero-order valence-corrected chi connectivity index (χ0v) is 10.5. The molecule has 17 heavy (non-hydrogen) atoms. The second-order valence-corrected chi connectivity index (χ2v) is 3.79. The Morgan fingerprint density at radius 3 is 2.88 bits per heavy atom. The predicted molar refractivity (Wildman–Crippen MR) is 64.9 cm³/mol. The van der Waals surface area contributed by atoms with Gasteiger partial charge in [0, 0.05) is 13.6 Å². The maximum Gasteiger partial charge on any atom is 0.239 e. The molecule has 94 valence electrons. The highest BCUT2D eigenvalue weighted by Crippen LogP contribution is 2.21. The van der Waals surface area contributed by atoms with Crippen molar-refractivity contribution in [2.75, 3.05) is 25.0 Å². The van der Waals surface area contributed by atoms with Crippen LogP contribution in [-0.2, 0) is 11.4 Å². The summed E-state index contributed by atoms with van der Waals surface area (Å²) in [6.07, 6.45) is 1.30. The van der Waals surface area contributed by atoms with Gasteiger partial charge in [0.15, 0.2) is 0 Å². The fourth-order valence-corrected chi connectivity index (χ4v) is 1.58. The number of nitrogens with one attached hydrogen (secondary N) is 1. The molecule has 2 N–H and O–H groups in total. The molecule has 0 saturated heterocycles. The van der Waals surface area contributed by atoms with E-state index in [1.54, 1.807) is 11.9 Å². The summed E-state index contributed by atoms with van der Waals surface area (Å²) in [6.45, 7) is 2.30. The number of halogens is 1. The second kappa shape index (κ2) is 6.36. The molecule has 0 aliphatic carbocycles. The lowest BCUT2D eigenvalue weighted by molar-refractivity contribution is -0.119. The first kappa shape index (κ1) is 13.7. The van der Waals surface area contributed by atoms with Crippen molar-refractivity contribution >= 4 is 23.3 Å². The van der Waals surface area contributed by atoms with Gasteiger partial charge in [0.05, 0.1) is 18.7 Å². The van der Waals surface area contributed by atoms with Crippen LogP contribution in [0, 0.1) is 0 Å². The summed E-state index contributed by atoms with van der Waals surface area (Å²) in [4.78, 5) is 20.8. The molecule has 0 saturated carbocycles. The lowest BCUT2D eigenvalue weighted by Gasteiger charge is -2.19. The van der Waals surface area contributed by atoms with Crippen LogP contribution in [0.5, 0.6) is 0 Å². The molecular formula is C10H15ClN4O2. The quantitative estimate of drug-likeness (QED) is 0.738. The molecule has 1 rings (SSSR count). The number of carbonyl (C=O) groups is 1. The van der Waals surface area contributed by atoms with Crippen LogP contribution in [0.3, 0.4) is 0 Å². The van der Waals surface area contributed by atoms with Gasteiger partial charge in [-0.2, -0.15) is 0 Å². The van der Waals surface area contributed by atoms with Gasteiger partial charge in [0.1, 0.15) is 17.3 Å². The van der Waals surface area contributed by atoms with Gasteiger partial charge in [-0.1, -0.05) is 11.6 Å². The molecule has 6 nitrogen and oxygen atoms in total. The van der Waals surface area contributed by atoms with E-state index < -0.39 is 0 Å². The number of likely N-dealkylation sites (N-methyl/N-ethyl adjacent to an activating group) is 2. The van der Waals surface area contributed by atoms with E-state index >= 15 is 0 Å². The van der Waals surface area contributed by atoms with Gasteiger partial charge in [0.25, 0.3) is 0 Å². The van der Waals surface area contributed by atoms with Crippen molar-refractivity contribution in [3.63, 3.8) is 0 Å². The molecule has 1 amide bonds. The third-order valence-electron chi connectivity index (χ3n) is 2.14. The van der Waals surface area contributed by atoms with E-state index in [1.165, 1.54) is 6.33 Å². The third-order valence-corrected chi connectivity index (χ3v) is 2.47. The van der Waals surface area contributed by atoms with Crippen LogP contribution >= 0.6 is 11.6 Å². The lowest BCUT2D eigenvalue weighted by atomic mass is 10.3. The summed E-state index contributed by atoms with van der Waals surface area (Å²) in [5.74, 6) is 0.340. The van der Waals surface area contributed by atoms with Crippen LogP contribution in [0.1, 0.15) is 12.5 Å². The first-order valence-corrected chi connectivity index (χ1v) is 5.56. The number of anilines is 1. The van der Waals surface area contributed by atoms with Crippen LogP contribution in [-0.4, -0.2) is 41.1 Å². The maximum atomic E-state index is 11.4. The SMILES string of the molecule is CCNC(=O)CN(C)c1ncnc(Cl)c1CO. The average Bonchev–Trinajstić information content (AvgIpc) is 2.28. The van der Waals surface area contributed by atoms with Crippen LogP contribution < -0.4 is 10.2 Å². The molecule has 0 aliphatic heterocycles. The van der Waals surface area contributed by atoms with Crippen molar-refractivity contribution in [3.05, 3.63) is 17.0 Å². The Kier molecular flexibility index (Phi) is 5.11. The number of aromatic nitrogens is 2. The summed E-state index contributed by atoms with van der Waals surface area (Å²) < 4.78 is 0. The van der Waals surface area contributed by atoms with Crippen molar-refractivity contribution < 1.29 is 9.90 Å². The smallest absolute Gasteiger partial charge is 0.239 e. The fourth-order valence-electron chi connectivity index (χ4n) is 1.39. The molecule has 7 heteroatoms. The normalized spacial score (nSPS) is 10.1. The Hall–Kier alpha value is -1.40. The van der Waals surface area contributed by atoms with E-state index in [0.29, 0.717) is 17.9 Å². The number of hydrogen-bond acceptors (Lipinski definition) is 5. The molecule has 0 unspecified atom stereocenters. The first-order chi connectivity index (χ1) is 8.10. The molecule has 0 fully saturated rings. The van der Waals surface area contributed by atoms with E-state index in [2.05, 4.69) is 15.3 Å². The first-order valence-electron chi connectivity index (χ1n) is 5.18. The number of carbonyl (C=O) groups excluding carboxylic acids is 1. The molecule has 0 aliphatic rings. The molecular weight excluding hydrogens is 244 g/mol. The van der Waals surface area contributed by atoms with Crippen LogP contribution in [0.15, 0.2) is 6.33 Å². The average molecular weight is 259 g/mol. The van der Waals surface area contributed by atoms with E-state index in [-0.39, 0.29) is 24.2 Å². The van der Waals surface area contributed by atoms with Gasteiger partial charge in [0.2, 0.25) is 5.91 Å². The summed E-state index contributed by atoms with van der Waals surface area (Å²) in [7, 11) is 1.70. The summed E-state index contributed by atoms with van der Waals surface area (Å²) in [5, 5.41) is 12.1. The Bertz CT molecular complexity index is 400. The Balaban J connectivity index is 2.85. The van der Waals surface area contributed by atoms with Crippen molar-refractivity contribution in [2.24, 2.45) is 0 Å². The van der Waals surface area contributed by atoms with Crippen molar-refractivity contribution in [1.82, 2.24) is 15.3 Å². The van der Waals surface area contributed by atoms with Gasteiger partial charge in [-0.15, -0.1) is 0 Å². The van der Waals surface area contributed by atoms with Gasteiger partial charge < -0.3 is 15.3 Å². The van der Waals surface area contributed by atoms with Crippen LogP contribution in [0.2, 0.25) is 5.15 Å². The van der Waals surface area contributed by atoms with Gasteiger partial charge in [-0.3, -0.25) is 4.79 Å². The topological polar surface area (TPSA) is 78.4 Å². The van der Waals surface area contributed by atoms with E-state index in [0.717, 1.165) is 0 Å². The second-order valence-electron chi connectivity index (χ2n) is 3.43. The number of rotatable bonds is 5. The lowest BCUT2D eigenvalue weighted by Crippen LogP contribution is -2.35. The summed E-state index contributed by atoms with van der Waals surface area (Å²) in [6, 6.07) is 0. The number of aliphatic hydroxyl groups excluding tert-OH is 1. The van der Waals surface area contributed by atoms with Crippen LogP contribution in [0.4, 0.5) is 5.82 Å². The van der Waals surface area contributed by atoms with Crippen LogP contribution in [0.25, 0.3) is 0 Å². The maximum absolute atomic E-state index is 11.4. The molecule has 1 heterocycles. The van der Waals surface area contributed by atoms with E-state index in [4.69, 9.17) is 11.6 Å². The Morgan fingerprint density at radius 1 is 1.59 bits per heavy atom. The van der Waals surface area contributed by atoms with E-state index in [1.807, 2.05) is 6.92 Å². The number of hydrogen-bond donors (Lipinski definition) is 2. The minimum atomic E-state index is -0.269. The zero-order valence-electron chi connectivity index (χ0n) is 9.77. The molecule has 0 atom stereocenters. The van der Waals surface area contributed by atoms with Crippen molar-refractivity contribution in [1.29, 1.82) is 0 Å². The highest BCUT2D eigenvalue weighted by atomic mass is 35.5. The number of nitrogens with zero attached hydrogens (tertiary/aromatic N) is 3. The Morgan fingerprint density at radius 2 is 2.29 bits per heavy atom. The minimum Gasteiger partial charge on any atom is -0.391 e.